The maximum atomic E-state index is 4.57. The molecule has 1 heterocycles. The highest BCUT2D eigenvalue weighted by atomic mass is 15.3. The van der Waals surface area contributed by atoms with Crippen molar-refractivity contribution >= 4 is 11.5 Å². The number of hydrogen-bond donors (Lipinski definition) is 1. The zero-order valence-electron chi connectivity index (χ0n) is 14.3. The highest BCUT2D eigenvalue weighted by Crippen LogP contribution is 2.17. The molecule has 2 aromatic carbocycles. The first-order chi connectivity index (χ1) is 11.8. The third-order valence-electron chi connectivity index (χ3n) is 4.14. The number of aromatic nitrogens is 2. The average molecular weight is 320 g/mol. The summed E-state index contributed by atoms with van der Waals surface area (Å²) in [5.41, 5.74) is 3.44. The van der Waals surface area contributed by atoms with E-state index in [1.54, 1.807) is 0 Å². The largest absolute Gasteiger partial charge is 0.339 e. The second-order valence-electron chi connectivity index (χ2n) is 5.76. The molecule has 124 valence electrons. The molecule has 0 bridgehead atoms. The van der Waals surface area contributed by atoms with Crippen LogP contribution in [0, 0.1) is 0 Å². The number of anilines is 2. The van der Waals surface area contributed by atoms with E-state index in [4.69, 9.17) is 0 Å². The van der Waals surface area contributed by atoms with E-state index in [-0.39, 0.29) is 0 Å². The van der Waals surface area contributed by atoms with Crippen LogP contribution in [0.15, 0.2) is 66.9 Å². The Labute approximate surface area is 143 Å². The summed E-state index contributed by atoms with van der Waals surface area (Å²) in [5, 5.41) is 7.93. The highest BCUT2D eigenvalue weighted by Gasteiger charge is 2.03. The van der Waals surface area contributed by atoms with Crippen molar-refractivity contribution in [1.82, 2.24) is 14.7 Å². The van der Waals surface area contributed by atoms with E-state index in [9.17, 15) is 0 Å². The van der Waals surface area contributed by atoms with Crippen molar-refractivity contribution in [3.05, 3.63) is 72.4 Å². The summed E-state index contributed by atoms with van der Waals surface area (Å²) in [7, 11) is 0. The molecule has 0 saturated heterocycles. The number of nitrogens with zero attached hydrogens (tertiary/aromatic N) is 3. The van der Waals surface area contributed by atoms with Crippen molar-refractivity contribution in [2.45, 2.75) is 20.4 Å². The van der Waals surface area contributed by atoms with E-state index in [0.717, 1.165) is 36.8 Å². The zero-order valence-corrected chi connectivity index (χ0v) is 14.3. The molecule has 0 unspecified atom stereocenters. The van der Waals surface area contributed by atoms with E-state index in [0.29, 0.717) is 0 Å². The van der Waals surface area contributed by atoms with Gasteiger partial charge >= 0.3 is 0 Å². The smallest absolute Gasteiger partial charge is 0.152 e. The van der Waals surface area contributed by atoms with Gasteiger partial charge in [0.15, 0.2) is 5.82 Å². The molecule has 0 aliphatic carbocycles. The molecule has 4 nitrogen and oxygen atoms in total. The van der Waals surface area contributed by atoms with Gasteiger partial charge < -0.3 is 5.32 Å². The van der Waals surface area contributed by atoms with Gasteiger partial charge in [-0.05, 0) is 42.9 Å². The molecular weight excluding hydrogens is 296 g/mol. The Hall–Kier alpha value is -2.59. The molecule has 0 spiro atoms. The Bertz CT molecular complexity index is 743. The van der Waals surface area contributed by atoms with Crippen LogP contribution >= 0.6 is 0 Å². The predicted octanol–water partition coefficient (Wildman–Crippen LogP) is 4.46. The van der Waals surface area contributed by atoms with Crippen LogP contribution < -0.4 is 5.32 Å². The summed E-state index contributed by atoms with van der Waals surface area (Å²) >= 11 is 0. The van der Waals surface area contributed by atoms with E-state index in [1.165, 1.54) is 5.56 Å². The summed E-state index contributed by atoms with van der Waals surface area (Å²) in [5.74, 6) is 0.843. The first-order valence-electron chi connectivity index (χ1n) is 8.48. The lowest BCUT2D eigenvalue weighted by Crippen LogP contribution is -2.21. The van der Waals surface area contributed by atoms with Gasteiger partial charge in [-0.1, -0.05) is 44.2 Å². The van der Waals surface area contributed by atoms with Gasteiger partial charge in [0.1, 0.15) is 0 Å². The van der Waals surface area contributed by atoms with Crippen LogP contribution in [0.4, 0.5) is 11.5 Å². The van der Waals surface area contributed by atoms with Gasteiger partial charge in [0.25, 0.3) is 0 Å². The van der Waals surface area contributed by atoms with Crippen molar-refractivity contribution in [3.8, 4) is 5.69 Å². The fourth-order valence-corrected chi connectivity index (χ4v) is 2.66. The molecule has 1 aromatic heterocycles. The molecule has 0 atom stereocenters. The fraction of sp³-hybridized carbons (Fsp3) is 0.250. The number of nitrogens with one attached hydrogen (secondary N) is 1. The van der Waals surface area contributed by atoms with Crippen LogP contribution in [-0.4, -0.2) is 27.8 Å². The lowest BCUT2D eigenvalue weighted by Gasteiger charge is -2.18. The molecule has 3 rings (SSSR count). The Balaban J connectivity index is 1.65. The highest BCUT2D eigenvalue weighted by molar-refractivity contribution is 5.56. The minimum atomic E-state index is 0.843. The zero-order chi connectivity index (χ0) is 16.8. The quantitative estimate of drug-likeness (QED) is 0.698. The molecule has 0 fully saturated rings. The first-order valence-corrected chi connectivity index (χ1v) is 8.48. The molecule has 1 N–H and O–H groups in total. The maximum absolute atomic E-state index is 4.57. The van der Waals surface area contributed by atoms with Gasteiger partial charge in [0, 0.05) is 24.5 Å². The SMILES string of the molecule is CCN(CC)Cc1ccc(Nc2ccn(-c3ccccc3)n2)cc1. The Morgan fingerprint density at radius 1 is 0.917 bits per heavy atom. The van der Waals surface area contributed by atoms with Gasteiger partial charge in [-0.25, -0.2) is 4.68 Å². The molecule has 4 heteroatoms. The standard InChI is InChI=1S/C20H24N4/c1-3-23(4-2)16-17-10-12-18(13-11-17)21-20-14-15-24(22-20)19-8-6-5-7-9-19/h5-15H,3-4,16H2,1-2H3,(H,21,22). The van der Waals surface area contributed by atoms with E-state index >= 15 is 0 Å². The van der Waals surface area contributed by atoms with Crippen LogP contribution in [0.2, 0.25) is 0 Å². The molecule has 0 aliphatic rings. The van der Waals surface area contributed by atoms with E-state index in [1.807, 2.05) is 47.3 Å². The van der Waals surface area contributed by atoms with Gasteiger partial charge in [-0.15, -0.1) is 0 Å². The maximum Gasteiger partial charge on any atom is 0.152 e. The average Bonchev–Trinajstić information content (AvgIpc) is 3.10. The summed E-state index contributed by atoms with van der Waals surface area (Å²) in [6, 6.07) is 20.7. The second kappa shape index (κ2) is 7.79. The first kappa shape index (κ1) is 16.3. The van der Waals surface area contributed by atoms with Crippen molar-refractivity contribution in [2.75, 3.05) is 18.4 Å². The van der Waals surface area contributed by atoms with Crippen LogP contribution in [0.5, 0.6) is 0 Å². The third kappa shape index (κ3) is 4.03. The van der Waals surface area contributed by atoms with E-state index < -0.39 is 0 Å². The summed E-state index contributed by atoms with van der Waals surface area (Å²) in [6.45, 7) is 7.54. The molecule has 3 aromatic rings. The van der Waals surface area contributed by atoms with Crippen LogP contribution in [0.1, 0.15) is 19.4 Å². The number of para-hydroxylation sites is 1. The molecule has 0 saturated carbocycles. The number of rotatable bonds is 7. The normalized spacial score (nSPS) is 11.0. The Morgan fingerprint density at radius 3 is 2.29 bits per heavy atom. The van der Waals surface area contributed by atoms with Gasteiger partial charge in [0.05, 0.1) is 5.69 Å². The van der Waals surface area contributed by atoms with Crippen molar-refractivity contribution < 1.29 is 0 Å². The minimum Gasteiger partial charge on any atom is -0.339 e. The third-order valence-corrected chi connectivity index (χ3v) is 4.14. The fourth-order valence-electron chi connectivity index (χ4n) is 2.66. The Kier molecular flexibility index (Phi) is 5.29. The van der Waals surface area contributed by atoms with Crippen molar-refractivity contribution in [2.24, 2.45) is 0 Å². The number of benzene rings is 2. The Morgan fingerprint density at radius 2 is 1.62 bits per heavy atom. The van der Waals surface area contributed by atoms with Gasteiger partial charge in [0.2, 0.25) is 0 Å². The monoisotopic (exact) mass is 320 g/mol. The lowest BCUT2D eigenvalue weighted by molar-refractivity contribution is 0.296. The second-order valence-corrected chi connectivity index (χ2v) is 5.76. The van der Waals surface area contributed by atoms with Crippen molar-refractivity contribution in [3.63, 3.8) is 0 Å². The van der Waals surface area contributed by atoms with Crippen LogP contribution in [0.25, 0.3) is 5.69 Å². The molecular formula is C20H24N4. The lowest BCUT2D eigenvalue weighted by atomic mass is 10.2. The molecule has 0 radical (unpaired) electrons. The van der Waals surface area contributed by atoms with Crippen LogP contribution in [0.3, 0.4) is 0 Å². The van der Waals surface area contributed by atoms with Gasteiger partial charge in [-0.3, -0.25) is 4.90 Å². The number of hydrogen-bond acceptors (Lipinski definition) is 3. The van der Waals surface area contributed by atoms with Crippen molar-refractivity contribution in [1.29, 1.82) is 0 Å². The minimum absolute atomic E-state index is 0.843. The molecule has 0 amide bonds. The van der Waals surface area contributed by atoms with E-state index in [2.05, 4.69) is 53.4 Å². The van der Waals surface area contributed by atoms with Crippen LogP contribution in [-0.2, 0) is 6.54 Å². The molecule has 0 aliphatic heterocycles. The predicted molar refractivity (Wildman–Crippen MR) is 99.9 cm³/mol. The summed E-state index contributed by atoms with van der Waals surface area (Å²) < 4.78 is 1.87. The molecule has 24 heavy (non-hydrogen) atoms. The topological polar surface area (TPSA) is 33.1 Å². The summed E-state index contributed by atoms with van der Waals surface area (Å²) in [6.07, 6.45) is 1.96. The summed E-state index contributed by atoms with van der Waals surface area (Å²) in [4.78, 5) is 2.41. The van der Waals surface area contributed by atoms with Gasteiger partial charge in [-0.2, -0.15) is 5.10 Å².